The lowest BCUT2D eigenvalue weighted by molar-refractivity contribution is -0.106. The Hall–Kier alpha value is -2.83. The van der Waals surface area contributed by atoms with Gasteiger partial charge in [-0.3, -0.25) is 9.69 Å². The van der Waals surface area contributed by atoms with Crippen molar-refractivity contribution in [3.63, 3.8) is 0 Å². The number of nitrogens with zero attached hydrogens (tertiary/aromatic N) is 2. The topological polar surface area (TPSA) is 77.2 Å². The zero-order chi connectivity index (χ0) is 24.3. The van der Waals surface area contributed by atoms with Crippen molar-refractivity contribution < 1.29 is 23.0 Å². The molecule has 1 amide bonds. The number of methoxy groups -OCH3 is 1. The second-order valence-electron chi connectivity index (χ2n) is 8.45. The molecule has 180 valence electrons. The summed E-state index contributed by atoms with van der Waals surface area (Å²) < 4.78 is 35.9. The van der Waals surface area contributed by atoms with Crippen molar-refractivity contribution in [2.75, 3.05) is 20.8 Å². The van der Waals surface area contributed by atoms with Gasteiger partial charge >= 0.3 is 6.61 Å². The molecule has 0 aromatic heterocycles. The van der Waals surface area contributed by atoms with Crippen molar-refractivity contribution in [1.29, 1.82) is 0 Å². The summed E-state index contributed by atoms with van der Waals surface area (Å²) in [6.07, 6.45) is 6.31. The van der Waals surface area contributed by atoms with Gasteiger partial charge in [0.2, 0.25) is 5.96 Å². The van der Waals surface area contributed by atoms with Crippen LogP contribution in [-0.2, 0) is 14.3 Å². The number of hydrogen-bond donors (Lipinski definition) is 1. The molecular formula is C25H27F2N3O3S. The first-order chi connectivity index (χ1) is 16.3. The van der Waals surface area contributed by atoms with Crippen molar-refractivity contribution in [2.45, 2.75) is 37.2 Å². The number of guanidine groups is 1. The number of carbonyl (C=O) groups is 1. The Morgan fingerprint density at radius 2 is 2.15 bits per heavy atom. The molecular weight excluding hydrogens is 460 g/mol. The minimum atomic E-state index is -2.88. The van der Waals surface area contributed by atoms with Gasteiger partial charge in [-0.15, -0.1) is 0 Å². The average Bonchev–Trinajstić information content (AvgIpc) is 3.65. The van der Waals surface area contributed by atoms with E-state index >= 15 is 0 Å². The monoisotopic (exact) mass is 487 g/mol. The molecule has 0 spiro atoms. The van der Waals surface area contributed by atoms with Crippen LogP contribution < -0.4 is 5.73 Å². The smallest absolute Gasteiger partial charge is 0.387 e. The predicted octanol–water partition coefficient (Wildman–Crippen LogP) is 4.82. The minimum Gasteiger partial charge on any atom is -0.439 e. The molecule has 1 aromatic rings. The molecule has 0 bridgehead atoms. The second kappa shape index (κ2) is 10.2. The Kier molecular flexibility index (Phi) is 7.29. The molecule has 1 heterocycles. The van der Waals surface area contributed by atoms with E-state index in [4.69, 9.17) is 20.2 Å². The number of allylic oxidation sites excluding steroid dienone is 3. The minimum absolute atomic E-state index is 0.0998. The van der Waals surface area contributed by atoms with E-state index in [9.17, 15) is 13.6 Å². The van der Waals surface area contributed by atoms with Crippen LogP contribution in [0.25, 0.3) is 0 Å². The SMILES string of the molecule is COCCC#Cc1cccc([C@@]2(C3=CC=C(OC(F)F)C(C4CC4)C3)N=C(N)N(C)C(=O)S2)c1. The maximum atomic E-state index is 13.0. The lowest BCUT2D eigenvalue weighted by Crippen LogP contribution is -2.45. The van der Waals surface area contributed by atoms with E-state index in [0.717, 1.165) is 41.3 Å². The lowest BCUT2D eigenvalue weighted by Gasteiger charge is -2.39. The van der Waals surface area contributed by atoms with Crippen LogP contribution >= 0.6 is 11.8 Å². The molecule has 34 heavy (non-hydrogen) atoms. The van der Waals surface area contributed by atoms with Crippen LogP contribution in [0.4, 0.5) is 13.6 Å². The van der Waals surface area contributed by atoms with Crippen molar-refractivity contribution in [3.8, 4) is 11.8 Å². The lowest BCUT2D eigenvalue weighted by atomic mass is 9.83. The van der Waals surface area contributed by atoms with Crippen LogP contribution in [0, 0.1) is 23.7 Å². The van der Waals surface area contributed by atoms with Crippen molar-refractivity contribution in [1.82, 2.24) is 4.90 Å². The van der Waals surface area contributed by atoms with Crippen LogP contribution in [0.2, 0.25) is 0 Å². The largest absolute Gasteiger partial charge is 0.439 e. The summed E-state index contributed by atoms with van der Waals surface area (Å²) in [5.74, 6) is 6.68. The third-order valence-electron chi connectivity index (χ3n) is 6.15. The Morgan fingerprint density at radius 1 is 1.35 bits per heavy atom. The number of nitrogens with two attached hydrogens (primary N) is 1. The van der Waals surface area contributed by atoms with Gasteiger partial charge in [-0.05, 0) is 66.3 Å². The van der Waals surface area contributed by atoms with Gasteiger partial charge in [-0.1, -0.05) is 30.0 Å². The fourth-order valence-corrected chi connectivity index (χ4v) is 5.36. The molecule has 2 atom stereocenters. The number of carbonyl (C=O) groups excluding carboxylic acids is 1. The second-order valence-corrected chi connectivity index (χ2v) is 9.60. The number of rotatable bonds is 7. The summed E-state index contributed by atoms with van der Waals surface area (Å²) >= 11 is 1.06. The van der Waals surface area contributed by atoms with Gasteiger partial charge < -0.3 is 15.2 Å². The molecule has 1 saturated carbocycles. The van der Waals surface area contributed by atoms with Gasteiger partial charge in [-0.2, -0.15) is 8.78 Å². The van der Waals surface area contributed by atoms with E-state index < -0.39 is 11.5 Å². The molecule has 9 heteroatoms. The van der Waals surface area contributed by atoms with Gasteiger partial charge in [-0.25, -0.2) is 4.99 Å². The zero-order valence-corrected chi connectivity index (χ0v) is 19.9. The molecule has 1 aromatic carbocycles. The van der Waals surface area contributed by atoms with E-state index in [1.54, 1.807) is 26.3 Å². The first kappa shape index (κ1) is 24.3. The van der Waals surface area contributed by atoms with Gasteiger partial charge in [0.15, 0.2) is 4.87 Å². The predicted molar refractivity (Wildman–Crippen MR) is 128 cm³/mol. The first-order valence-corrected chi connectivity index (χ1v) is 11.9. The molecule has 1 unspecified atom stereocenters. The normalized spacial score (nSPS) is 24.7. The third kappa shape index (κ3) is 5.13. The number of hydrogen-bond acceptors (Lipinski definition) is 6. The highest BCUT2D eigenvalue weighted by atomic mass is 32.2. The molecule has 4 rings (SSSR count). The quantitative estimate of drug-likeness (QED) is 0.441. The summed E-state index contributed by atoms with van der Waals surface area (Å²) in [5.41, 5.74) is 8.53. The van der Waals surface area contributed by atoms with E-state index in [0.29, 0.717) is 19.4 Å². The molecule has 0 saturated heterocycles. The first-order valence-electron chi connectivity index (χ1n) is 11.1. The standard InChI is InChI=1S/C25H27F2N3O3S/c1-30-23(28)29-25(34-24(30)31,18-8-5-7-16(14-18)6-3-4-13-32-2)19-11-12-21(33-22(26)27)20(15-19)17-9-10-17/h5,7-8,11-12,14,17,20,22H,4,9-10,13,15H2,1-2H3,(H2,28,29)/t20?,25-/m1/s1. The summed E-state index contributed by atoms with van der Waals surface area (Å²) in [5, 5.41) is -0.244. The summed E-state index contributed by atoms with van der Waals surface area (Å²) in [7, 11) is 3.20. The van der Waals surface area contributed by atoms with Crippen LogP contribution in [0.5, 0.6) is 0 Å². The molecule has 2 aliphatic carbocycles. The van der Waals surface area contributed by atoms with E-state index in [1.807, 2.05) is 24.3 Å². The maximum absolute atomic E-state index is 13.0. The number of amides is 1. The van der Waals surface area contributed by atoms with Gasteiger partial charge in [0.1, 0.15) is 5.76 Å². The van der Waals surface area contributed by atoms with E-state index in [2.05, 4.69) is 11.8 Å². The molecule has 1 aliphatic heterocycles. The highest BCUT2D eigenvalue weighted by Gasteiger charge is 2.48. The summed E-state index contributed by atoms with van der Waals surface area (Å²) in [4.78, 5) is 17.9. The molecule has 2 N–H and O–H groups in total. The van der Waals surface area contributed by atoms with Crippen LogP contribution in [0.1, 0.15) is 36.8 Å². The Morgan fingerprint density at radius 3 is 2.82 bits per heavy atom. The summed E-state index contributed by atoms with van der Waals surface area (Å²) in [6.45, 7) is -2.34. The fraction of sp³-hybridized carbons (Fsp3) is 0.440. The number of aliphatic imine (C=N–C) groups is 1. The number of thioether (sulfide) groups is 1. The van der Waals surface area contributed by atoms with Crippen LogP contribution in [0.3, 0.4) is 0 Å². The number of benzene rings is 1. The molecule has 1 fully saturated rings. The van der Waals surface area contributed by atoms with E-state index in [1.165, 1.54) is 4.90 Å². The van der Waals surface area contributed by atoms with E-state index in [-0.39, 0.29) is 28.8 Å². The van der Waals surface area contributed by atoms with Crippen LogP contribution in [0.15, 0.2) is 52.7 Å². The Bertz CT molecular complexity index is 1100. The number of alkyl halides is 2. The summed E-state index contributed by atoms with van der Waals surface area (Å²) in [6, 6.07) is 7.56. The zero-order valence-electron chi connectivity index (χ0n) is 19.1. The maximum Gasteiger partial charge on any atom is 0.387 e. The van der Waals surface area contributed by atoms with Gasteiger partial charge in [0.25, 0.3) is 5.24 Å². The number of ether oxygens (including phenoxy) is 2. The Labute approximate surface area is 202 Å². The molecule has 0 radical (unpaired) electrons. The fourth-order valence-electron chi connectivity index (χ4n) is 4.21. The van der Waals surface area contributed by atoms with Crippen molar-refractivity contribution >= 4 is 23.0 Å². The van der Waals surface area contributed by atoms with Gasteiger partial charge in [0.05, 0.1) is 6.61 Å². The molecule has 6 nitrogen and oxygen atoms in total. The Balaban J connectivity index is 1.78. The highest BCUT2D eigenvalue weighted by Crippen LogP contribution is 2.54. The van der Waals surface area contributed by atoms with Crippen molar-refractivity contribution in [3.05, 3.63) is 58.9 Å². The highest BCUT2D eigenvalue weighted by molar-refractivity contribution is 8.14. The average molecular weight is 488 g/mol. The van der Waals surface area contributed by atoms with Gasteiger partial charge in [0, 0.05) is 32.1 Å². The molecule has 3 aliphatic rings. The number of halogens is 2. The van der Waals surface area contributed by atoms with Crippen LogP contribution in [-0.4, -0.2) is 43.5 Å². The van der Waals surface area contributed by atoms with Crippen molar-refractivity contribution in [2.24, 2.45) is 22.6 Å². The third-order valence-corrected chi connectivity index (χ3v) is 7.48.